The molecule has 10 saturated heterocycles. The van der Waals surface area contributed by atoms with E-state index in [9.17, 15) is 0 Å². The summed E-state index contributed by atoms with van der Waals surface area (Å²) in [5, 5.41) is 1.42. The highest BCUT2D eigenvalue weighted by atomic mass is 31.1. The first-order valence-corrected chi connectivity index (χ1v) is 52.8. The molecule has 10 aliphatic heterocycles. The number of ether oxygens (including phenoxy) is 5. The third-order valence-corrected chi connectivity index (χ3v) is 50.8. The molecule has 0 N–H and O–H groups in total. The Hall–Kier alpha value is 3.67. The highest BCUT2D eigenvalue weighted by molar-refractivity contribution is 7.60. The van der Waals surface area contributed by atoms with Gasteiger partial charge in [-0.25, -0.2) is 0 Å². The summed E-state index contributed by atoms with van der Waals surface area (Å²) in [6, 6.07) is 0. The maximum absolute atomic E-state index is 5.92. The van der Waals surface area contributed by atoms with Crippen LogP contribution in [0.3, 0.4) is 0 Å². The van der Waals surface area contributed by atoms with Crippen molar-refractivity contribution in [2.45, 2.75) is 343 Å². The molecular weight excluding hydrogens is 1210 g/mol. The highest BCUT2D eigenvalue weighted by Gasteiger charge is 2.54. The molecule has 85 heavy (non-hydrogen) atoms. The van der Waals surface area contributed by atoms with Crippen LogP contribution in [-0.2, 0) is 23.7 Å². The fourth-order valence-electron chi connectivity index (χ4n) is 13.5. The van der Waals surface area contributed by atoms with Crippen molar-refractivity contribution in [3.63, 3.8) is 0 Å². The Balaban J connectivity index is 0.000000329. The lowest BCUT2D eigenvalue weighted by Gasteiger charge is -2.36. The lowest BCUT2D eigenvalue weighted by molar-refractivity contribution is -0.147. The van der Waals surface area contributed by atoms with Crippen LogP contribution in [0.2, 0.25) is 0 Å². The summed E-state index contributed by atoms with van der Waals surface area (Å²) >= 11 is 0. The van der Waals surface area contributed by atoms with Gasteiger partial charge >= 0.3 is 0 Å². The van der Waals surface area contributed by atoms with Gasteiger partial charge in [0.15, 0.2) is 5.79 Å². The number of fused-ring (bicyclic) bond motifs is 1. The molecule has 0 radical (unpaired) electrons. The van der Waals surface area contributed by atoms with Crippen LogP contribution in [0.25, 0.3) is 0 Å². The average Bonchev–Trinajstić information content (AvgIpc) is 1.90. The molecule has 10 rings (SSSR count). The van der Waals surface area contributed by atoms with Crippen molar-refractivity contribution in [2.75, 3.05) is 111 Å². The van der Waals surface area contributed by atoms with Gasteiger partial charge in [-0.15, -0.1) is 47.5 Å². The van der Waals surface area contributed by atoms with Gasteiger partial charge in [0.1, 0.15) is 0 Å². The van der Waals surface area contributed by atoms with Gasteiger partial charge in [-0.3, -0.25) is 0 Å². The molecule has 0 spiro atoms. The van der Waals surface area contributed by atoms with E-state index < -0.39 is 0 Å². The van der Waals surface area contributed by atoms with Crippen molar-refractivity contribution >= 4 is 71.3 Å². The lowest BCUT2D eigenvalue weighted by Crippen LogP contribution is -2.36. The topological polar surface area (TPSA) is 46.2 Å². The van der Waals surface area contributed by atoms with Crippen LogP contribution in [0, 0.1) is 0 Å². The van der Waals surface area contributed by atoms with Crippen LogP contribution in [0.5, 0.6) is 0 Å². The maximum Gasteiger partial charge on any atom is 0.163 e. The van der Waals surface area contributed by atoms with Crippen molar-refractivity contribution in [2.24, 2.45) is 0 Å². The van der Waals surface area contributed by atoms with Gasteiger partial charge in [0, 0.05) is 35.8 Å². The molecule has 14 heteroatoms. The third kappa shape index (κ3) is 29.1. The molecule has 10 fully saturated rings. The van der Waals surface area contributed by atoms with Gasteiger partial charge < -0.3 is 23.7 Å². The molecule has 0 amide bonds. The molecule has 508 valence electrons. The smallest absolute Gasteiger partial charge is 0.163 e. The van der Waals surface area contributed by atoms with E-state index in [-0.39, 0.29) is 29.6 Å². The number of hydrogen-bond donors (Lipinski definition) is 0. The van der Waals surface area contributed by atoms with E-state index in [2.05, 4.69) is 185 Å². The van der Waals surface area contributed by atoms with Gasteiger partial charge in [0.2, 0.25) is 0 Å². The van der Waals surface area contributed by atoms with E-state index in [1.807, 2.05) is 13.8 Å². The summed E-state index contributed by atoms with van der Waals surface area (Å²) in [5.74, 6) is -0.353. The second-order valence-electron chi connectivity index (χ2n) is 30.2. The molecule has 4 unspecified atom stereocenters. The highest BCUT2D eigenvalue weighted by Crippen LogP contribution is 2.59. The Labute approximate surface area is 545 Å². The molecule has 10 heterocycles. The predicted molar refractivity (Wildman–Crippen MR) is 411 cm³/mol. The average molecular weight is 1360 g/mol. The summed E-state index contributed by atoms with van der Waals surface area (Å²) in [6.07, 6.45) is 29.8. The molecule has 0 aliphatic carbocycles. The monoisotopic (exact) mass is 1360 g/mol. The van der Waals surface area contributed by atoms with E-state index in [1.165, 1.54) is 121 Å². The lowest BCUT2D eigenvalue weighted by atomic mass is 10.1. The molecule has 5 nitrogen and oxygen atoms in total. The van der Waals surface area contributed by atoms with Crippen LogP contribution >= 0.6 is 71.3 Å². The molecule has 0 aromatic rings. The summed E-state index contributed by atoms with van der Waals surface area (Å²) in [7, 11) is 2.89. The van der Waals surface area contributed by atoms with Crippen molar-refractivity contribution < 1.29 is 23.7 Å². The van der Waals surface area contributed by atoms with Crippen LogP contribution in [0.1, 0.15) is 235 Å². The Bertz CT molecular complexity index is 1620. The molecular formula is C71H149O5P9. The Morgan fingerprint density at radius 2 is 0.694 bits per heavy atom. The summed E-state index contributed by atoms with van der Waals surface area (Å²) in [6.45, 7) is 71.4. The summed E-state index contributed by atoms with van der Waals surface area (Å²) < 4.78 is 28.8. The second kappa shape index (κ2) is 42.4. The zero-order chi connectivity index (χ0) is 64.7. The SMILES string of the molecule is CCO[C@H]1[C@H](OCC)[C@H](C)P(C)[C@H]1C.CP1CCCC1(C)C.CP1CCCCC1(C)C.C[C@H]1CCCCP1C.C[C@H]1CCCP1C.C[C@H]1CCC[C@H](C)P1C.C[C@H]1CC[C@H](C)P1C.C[C@H]1COC[C@H](C)P1C.C[C@H]1[C@H]2OC(C)(C)O[C@@H]2[C@H](C)P1C. The first-order chi connectivity index (χ1) is 39.6. The van der Waals surface area contributed by atoms with Crippen LogP contribution in [0.15, 0.2) is 0 Å². The Morgan fingerprint density at radius 1 is 0.353 bits per heavy atom. The fraction of sp³-hybridized carbons (Fsp3) is 1.00. The molecule has 20 atom stereocenters. The van der Waals surface area contributed by atoms with Gasteiger partial charge in [-0.05, 0) is 245 Å². The van der Waals surface area contributed by atoms with Crippen molar-refractivity contribution in [1.29, 1.82) is 0 Å². The normalized spacial score (nSPS) is 41.6. The van der Waals surface area contributed by atoms with E-state index in [0.29, 0.717) is 99.7 Å². The van der Waals surface area contributed by atoms with E-state index >= 15 is 0 Å². The van der Waals surface area contributed by atoms with Crippen LogP contribution in [-0.4, -0.2) is 219 Å². The maximum atomic E-state index is 5.92. The minimum absolute atomic E-state index is 0.0608. The first-order valence-electron chi connectivity index (χ1n) is 35.2. The van der Waals surface area contributed by atoms with E-state index in [0.717, 1.165) is 76.9 Å². The minimum atomic E-state index is -0.353. The standard InChI is InChI=1S/C11H23O2P.C10H19O2P.2C8H17P.C7H15OP.3C7H15P.C6H13P/c1-6-12-10-8(3)14(5)9(4)11(10)13-7-2;1-6-8-9(7(2)13(6)5)12-10(3,4)11-8;1-8(2)6-4-5-7-9(8)3;1-7-5-4-6-8(2)9(7)3;1-6-4-8-5-7(2)9(6)3;1-7(2)5-4-6-8(7)3;1-6-4-5-7(2)8(6)3;1-7-5-3-4-6-8(7)2;1-6-4-3-5-7(6)2/h8-11H,6-7H2,1-5H3;6-9H,1-5H3;4-7H2,1-3H3;7-8H,4-6H2,1-3H3;6-7H,4-5H2,1-3H3;4-6H2,1-3H3;6-7H,4-5H2,1-3H3;7H,3-6H2,1-2H3;6H,3-5H2,1-2H3/t8-,9-,10+,11+;6-,7-,8+,9+;;7-,8-;6-,7-;;6-,7-;7-,8?;6-,7?/m00.00.000/s1. The van der Waals surface area contributed by atoms with Crippen molar-refractivity contribution in [3.8, 4) is 0 Å². The largest absolute Gasteiger partial charge is 0.380 e. The van der Waals surface area contributed by atoms with Gasteiger partial charge in [0.05, 0.1) is 37.6 Å². The minimum Gasteiger partial charge on any atom is -0.380 e. The molecule has 10 aliphatic rings. The third-order valence-electron chi connectivity index (χ3n) is 22.7. The zero-order valence-electron chi connectivity index (χ0n) is 62.1. The van der Waals surface area contributed by atoms with Crippen LogP contribution in [0.4, 0.5) is 0 Å². The summed E-state index contributed by atoms with van der Waals surface area (Å²) in [5.41, 5.74) is 10.7. The van der Waals surface area contributed by atoms with Gasteiger partial charge in [-0.1, -0.05) is 154 Å². The zero-order valence-corrected chi connectivity index (χ0v) is 70.1. The van der Waals surface area contributed by atoms with Gasteiger partial charge in [-0.2, -0.15) is 0 Å². The van der Waals surface area contributed by atoms with Crippen molar-refractivity contribution in [3.05, 3.63) is 0 Å². The Kier molecular flexibility index (Phi) is 42.3. The molecule has 0 bridgehead atoms. The Morgan fingerprint density at radius 3 is 0.976 bits per heavy atom. The predicted octanol–water partition coefficient (Wildman–Crippen LogP) is 23.4. The molecule has 0 aromatic carbocycles. The van der Waals surface area contributed by atoms with Crippen molar-refractivity contribution in [1.82, 2.24) is 0 Å². The van der Waals surface area contributed by atoms with E-state index in [4.69, 9.17) is 23.7 Å². The fourth-order valence-corrected chi connectivity index (χ4v) is 30.6. The number of hydrogen-bond acceptors (Lipinski definition) is 5. The molecule has 0 aromatic heterocycles. The molecule has 0 saturated carbocycles. The van der Waals surface area contributed by atoms with Crippen LogP contribution < -0.4 is 0 Å². The van der Waals surface area contributed by atoms with E-state index in [1.54, 1.807) is 0 Å². The first kappa shape index (κ1) is 84.8. The summed E-state index contributed by atoms with van der Waals surface area (Å²) in [4.78, 5) is 0. The quantitative estimate of drug-likeness (QED) is 0.263. The second-order valence-corrected chi connectivity index (χ2v) is 57.2. The van der Waals surface area contributed by atoms with Gasteiger partial charge in [0.25, 0.3) is 0 Å². The number of rotatable bonds is 4.